The van der Waals surface area contributed by atoms with Crippen LogP contribution in [0.15, 0.2) is 18.2 Å². The first-order chi connectivity index (χ1) is 9.37. The molecule has 1 aromatic carbocycles. The molecule has 1 atom stereocenters. The van der Waals surface area contributed by atoms with Crippen molar-refractivity contribution in [3.05, 3.63) is 29.6 Å². The fraction of sp³-hybridized carbons (Fsp3) is 0.417. The molecule has 6 nitrogen and oxygen atoms in total. The monoisotopic (exact) mass is 303 g/mol. The van der Waals surface area contributed by atoms with Crippen LogP contribution in [0, 0.1) is 5.82 Å². The van der Waals surface area contributed by atoms with Crippen molar-refractivity contribution >= 4 is 21.7 Å². The summed E-state index contributed by atoms with van der Waals surface area (Å²) in [5.74, 6) is -2.57. The van der Waals surface area contributed by atoms with Gasteiger partial charge < -0.3 is 9.84 Å². The van der Waals surface area contributed by atoms with Crippen molar-refractivity contribution in [3.63, 3.8) is 0 Å². The van der Waals surface area contributed by atoms with E-state index in [-0.39, 0.29) is 17.5 Å². The number of sulfonamides is 1. The third-order valence-electron chi connectivity index (χ3n) is 2.90. The number of nitrogens with one attached hydrogen (secondary N) is 1. The molecule has 1 fully saturated rings. The Bertz CT molecular complexity index is 610. The number of carboxylic acids is 1. The molecule has 0 spiro atoms. The van der Waals surface area contributed by atoms with Crippen LogP contribution in [0.2, 0.25) is 0 Å². The summed E-state index contributed by atoms with van der Waals surface area (Å²) in [5, 5.41) is 8.78. The predicted molar refractivity (Wildman–Crippen MR) is 69.7 cm³/mol. The molecule has 110 valence electrons. The number of ether oxygens (including phenoxy) is 1. The van der Waals surface area contributed by atoms with E-state index in [1.807, 2.05) is 0 Å². The molecule has 20 heavy (non-hydrogen) atoms. The van der Waals surface area contributed by atoms with E-state index in [0.29, 0.717) is 13.0 Å². The molecule has 0 bridgehead atoms. The quantitative estimate of drug-likeness (QED) is 0.858. The Morgan fingerprint density at radius 2 is 2.25 bits per heavy atom. The summed E-state index contributed by atoms with van der Waals surface area (Å²) in [5.41, 5.74) is -0.566. The van der Waals surface area contributed by atoms with E-state index in [2.05, 4.69) is 4.72 Å². The van der Waals surface area contributed by atoms with Gasteiger partial charge in [0, 0.05) is 12.3 Å². The van der Waals surface area contributed by atoms with E-state index in [1.54, 1.807) is 0 Å². The first kappa shape index (κ1) is 14.7. The fourth-order valence-corrected chi connectivity index (χ4v) is 3.32. The third-order valence-corrected chi connectivity index (χ3v) is 4.26. The molecule has 0 saturated carbocycles. The second kappa shape index (κ2) is 5.76. The number of carboxylic acid groups (broad SMARTS) is 1. The number of hydrogen-bond acceptors (Lipinski definition) is 4. The summed E-state index contributed by atoms with van der Waals surface area (Å²) in [7, 11) is -3.66. The van der Waals surface area contributed by atoms with Gasteiger partial charge in [-0.05, 0) is 31.0 Å². The minimum absolute atomic E-state index is 0.0156. The average Bonchev–Trinajstić information content (AvgIpc) is 2.82. The Morgan fingerprint density at radius 1 is 1.50 bits per heavy atom. The summed E-state index contributed by atoms with van der Waals surface area (Å²) in [6, 6.07) is 3.03. The van der Waals surface area contributed by atoms with Gasteiger partial charge in [-0.2, -0.15) is 0 Å². The van der Waals surface area contributed by atoms with Gasteiger partial charge in [-0.15, -0.1) is 0 Å². The Morgan fingerprint density at radius 3 is 2.85 bits per heavy atom. The van der Waals surface area contributed by atoms with E-state index < -0.39 is 27.4 Å². The van der Waals surface area contributed by atoms with Gasteiger partial charge in [0.25, 0.3) is 0 Å². The zero-order valence-electron chi connectivity index (χ0n) is 10.5. The number of hydrogen-bond donors (Lipinski definition) is 2. The van der Waals surface area contributed by atoms with Gasteiger partial charge in [0.15, 0.2) is 0 Å². The largest absolute Gasteiger partial charge is 0.478 e. The van der Waals surface area contributed by atoms with Crippen LogP contribution < -0.4 is 4.72 Å². The molecule has 1 aliphatic heterocycles. The molecule has 0 amide bonds. The van der Waals surface area contributed by atoms with Crippen LogP contribution in [-0.4, -0.2) is 38.0 Å². The highest BCUT2D eigenvalue weighted by Gasteiger charge is 2.23. The molecule has 2 rings (SSSR count). The van der Waals surface area contributed by atoms with Gasteiger partial charge in [-0.25, -0.2) is 17.6 Å². The van der Waals surface area contributed by atoms with Crippen LogP contribution in [0.25, 0.3) is 0 Å². The van der Waals surface area contributed by atoms with Gasteiger partial charge >= 0.3 is 5.97 Å². The highest BCUT2D eigenvalue weighted by atomic mass is 32.2. The van der Waals surface area contributed by atoms with Crippen LogP contribution in [0.3, 0.4) is 0 Å². The topological polar surface area (TPSA) is 92.7 Å². The minimum Gasteiger partial charge on any atom is -0.478 e. The van der Waals surface area contributed by atoms with E-state index >= 15 is 0 Å². The molecule has 1 heterocycles. The highest BCUT2D eigenvalue weighted by molar-refractivity contribution is 7.92. The Hall–Kier alpha value is -1.67. The van der Waals surface area contributed by atoms with Crippen LogP contribution in [-0.2, 0) is 14.8 Å². The molecular formula is C12H14FNO5S. The Balaban J connectivity index is 2.12. The number of benzene rings is 1. The minimum atomic E-state index is -3.66. The maximum absolute atomic E-state index is 13.2. The van der Waals surface area contributed by atoms with E-state index in [1.165, 1.54) is 6.07 Å². The molecular weight excluding hydrogens is 289 g/mol. The lowest BCUT2D eigenvalue weighted by molar-refractivity contribution is 0.0692. The van der Waals surface area contributed by atoms with Crippen molar-refractivity contribution < 1.29 is 27.4 Å². The maximum atomic E-state index is 13.2. The van der Waals surface area contributed by atoms with Crippen molar-refractivity contribution in [2.45, 2.75) is 18.9 Å². The predicted octanol–water partition coefficient (Wildman–Crippen LogP) is 1.44. The van der Waals surface area contributed by atoms with Crippen LogP contribution in [0.5, 0.6) is 0 Å². The van der Waals surface area contributed by atoms with E-state index in [0.717, 1.165) is 18.6 Å². The lowest BCUT2D eigenvalue weighted by Crippen LogP contribution is -2.25. The number of halogens is 1. The highest BCUT2D eigenvalue weighted by Crippen LogP contribution is 2.18. The van der Waals surface area contributed by atoms with Gasteiger partial charge in [0.2, 0.25) is 10.0 Å². The van der Waals surface area contributed by atoms with Crippen molar-refractivity contribution in [1.82, 2.24) is 0 Å². The molecule has 8 heteroatoms. The molecule has 1 saturated heterocycles. The smallest absolute Gasteiger partial charge is 0.338 e. The van der Waals surface area contributed by atoms with Crippen molar-refractivity contribution in [1.29, 1.82) is 0 Å². The van der Waals surface area contributed by atoms with Gasteiger partial charge in [0.1, 0.15) is 5.82 Å². The Labute approximate surface area is 115 Å². The van der Waals surface area contributed by atoms with Crippen molar-refractivity contribution in [2.24, 2.45) is 0 Å². The number of rotatable bonds is 5. The molecule has 1 aliphatic rings. The van der Waals surface area contributed by atoms with Gasteiger partial charge in [-0.3, -0.25) is 4.72 Å². The standard InChI is InChI=1S/C12H14FNO5S/c13-11-4-3-8(6-10(11)12(15)16)14-20(17,18)7-9-2-1-5-19-9/h3-4,6,9,14H,1-2,5,7H2,(H,15,16). The van der Waals surface area contributed by atoms with E-state index in [9.17, 15) is 17.6 Å². The molecule has 0 radical (unpaired) electrons. The second-order valence-electron chi connectivity index (χ2n) is 4.52. The normalized spacial score (nSPS) is 18.9. The first-order valence-corrected chi connectivity index (χ1v) is 7.67. The summed E-state index contributed by atoms with van der Waals surface area (Å²) >= 11 is 0. The fourth-order valence-electron chi connectivity index (χ4n) is 1.99. The lowest BCUT2D eigenvalue weighted by atomic mass is 10.2. The van der Waals surface area contributed by atoms with Gasteiger partial charge in [-0.1, -0.05) is 0 Å². The van der Waals surface area contributed by atoms with Crippen LogP contribution >= 0.6 is 0 Å². The lowest BCUT2D eigenvalue weighted by Gasteiger charge is -2.12. The molecule has 0 aliphatic carbocycles. The summed E-state index contributed by atoms with van der Waals surface area (Å²) in [4.78, 5) is 10.8. The summed E-state index contributed by atoms with van der Waals surface area (Å²) in [6.07, 6.45) is 1.14. The molecule has 2 N–H and O–H groups in total. The molecule has 0 aromatic heterocycles. The average molecular weight is 303 g/mol. The number of carbonyl (C=O) groups is 1. The third kappa shape index (κ3) is 3.67. The van der Waals surface area contributed by atoms with Crippen LogP contribution in [0.1, 0.15) is 23.2 Å². The number of anilines is 1. The van der Waals surface area contributed by atoms with Gasteiger partial charge in [0.05, 0.1) is 17.4 Å². The zero-order chi connectivity index (χ0) is 14.8. The maximum Gasteiger partial charge on any atom is 0.338 e. The van der Waals surface area contributed by atoms with Crippen molar-refractivity contribution in [2.75, 3.05) is 17.1 Å². The summed E-state index contributed by atoms with van der Waals surface area (Å²) < 4.78 is 44.4. The molecule has 1 aromatic rings. The molecule has 1 unspecified atom stereocenters. The first-order valence-electron chi connectivity index (χ1n) is 6.02. The van der Waals surface area contributed by atoms with E-state index in [4.69, 9.17) is 9.84 Å². The zero-order valence-corrected chi connectivity index (χ0v) is 11.3. The van der Waals surface area contributed by atoms with Crippen LogP contribution in [0.4, 0.5) is 10.1 Å². The van der Waals surface area contributed by atoms with Crippen molar-refractivity contribution in [3.8, 4) is 0 Å². The Kier molecular flexibility index (Phi) is 4.24. The SMILES string of the molecule is O=C(O)c1cc(NS(=O)(=O)CC2CCCO2)ccc1F. The number of aromatic carboxylic acids is 1. The summed E-state index contributed by atoms with van der Waals surface area (Å²) in [6.45, 7) is 0.542. The second-order valence-corrected chi connectivity index (χ2v) is 6.29.